The second kappa shape index (κ2) is 5.88. The Morgan fingerprint density at radius 1 is 1.22 bits per heavy atom. The van der Waals surface area contributed by atoms with Crippen LogP contribution in [-0.4, -0.2) is 5.11 Å². The van der Waals surface area contributed by atoms with E-state index >= 15 is 0 Å². The van der Waals surface area contributed by atoms with Crippen LogP contribution in [0.2, 0.25) is 0 Å². The Bertz CT molecular complexity index is 377. The molecule has 0 aromatic heterocycles. The lowest BCUT2D eigenvalue weighted by atomic mass is 9.75. The maximum Gasteiger partial charge on any atom is 0.0846 e. The van der Waals surface area contributed by atoms with Crippen molar-refractivity contribution >= 4 is 0 Å². The van der Waals surface area contributed by atoms with Crippen molar-refractivity contribution in [3.8, 4) is 0 Å². The molecule has 0 amide bonds. The number of rotatable bonds is 5. The Kier molecular flexibility index (Phi) is 4.45. The van der Waals surface area contributed by atoms with Gasteiger partial charge in [0.15, 0.2) is 0 Å². The van der Waals surface area contributed by atoms with Crippen LogP contribution in [0.3, 0.4) is 0 Å². The summed E-state index contributed by atoms with van der Waals surface area (Å²) >= 11 is 0. The molecule has 0 saturated heterocycles. The van der Waals surface area contributed by atoms with Crippen molar-refractivity contribution in [3.63, 3.8) is 0 Å². The molecule has 1 aliphatic rings. The maximum absolute atomic E-state index is 10.8. The van der Waals surface area contributed by atoms with Gasteiger partial charge in [-0.15, -0.1) is 0 Å². The molecule has 1 N–H and O–H groups in total. The minimum Gasteiger partial charge on any atom is -0.388 e. The highest BCUT2D eigenvalue weighted by Gasteiger charge is 2.39. The summed E-state index contributed by atoms with van der Waals surface area (Å²) in [7, 11) is 0. The summed E-state index contributed by atoms with van der Waals surface area (Å²) in [4.78, 5) is 0. The zero-order valence-electron chi connectivity index (χ0n) is 11.8. The van der Waals surface area contributed by atoms with Gasteiger partial charge in [0.1, 0.15) is 0 Å². The summed E-state index contributed by atoms with van der Waals surface area (Å²) in [5, 5.41) is 10.8. The van der Waals surface area contributed by atoms with E-state index in [1.807, 2.05) is 0 Å². The van der Waals surface area contributed by atoms with Crippen molar-refractivity contribution < 1.29 is 5.11 Å². The average molecular weight is 246 g/mol. The van der Waals surface area contributed by atoms with Crippen molar-refractivity contribution in [1.29, 1.82) is 0 Å². The summed E-state index contributed by atoms with van der Waals surface area (Å²) in [6.45, 7) is 4.43. The van der Waals surface area contributed by atoms with Gasteiger partial charge in [-0.05, 0) is 36.8 Å². The molecular weight excluding hydrogens is 220 g/mol. The highest BCUT2D eigenvalue weighted by atomic mass is 16.3. The van der Waals surface area contributed by atoms with Crippen LogP contribution < -0.4 is 0 Å². The third-order valence-corrected chi connectivity index (χ3v) is 4.69. The Hall–Kier alpha value is -0.820. The van der Waals surface area contributed by atoms with Crippen LogP contribution in [0.5, 0.6) is 0 Å². The number of aryl methyl sites for hydroxylation is 1. The highest BCUT2D eigenvalue weighted by molar-refractivity contribution is 5.27. The maximum atomic E-state index is 10.8. The van der Waals surface area contributed by atoms with E-state index in [0.717, 1.165) is 18.4 Å². The number of benzene rings is 1. The fourth-order valence-electron chi connectivity index (χ4n) is 3.46. The average Bonchev–Trinajstić information content (AvgIpc) is 2.88. The highest BCUT2D eigenvalue weighted by Crippen LogP contribution is 2.49. The monoisotopic (exact) mass is 246 g/mol. The molecule has 2 rings (SSSR count). The Balaban J connectivity index is 2.21. The number of hydrogen-bond donors (Lipinski definition) is 1. The topological polar surface area (TPSA) is 20.2 Å². The summed E-state index contributed by atoms with van der Waals surface area (Å²) in [5.74, 6) is 0. The van der Waals surface area contributed by atoms with Crippen LogP contribution >= 0.6 is 0 Å². The van der Waals surface area contributed by atoms with Gasteiger partial charge in [-0.1, -0.05) is 57.4 Å². The van der Waals surface area contributed by atoms with Gasteiger partial charge in [0.05, 0.1) is 6.10 Å². The smallest absolute Gasteiger partial charge is 0.0846 e. The molecule has 1 heteroatoms. The van der Waals surface area contributed by atoms with E-state index in [2.05, 4.69) is 38.1 Å². The van der Waals surface area contributed by atoms with E-state index in [9.17, 15) is 5.11 Å². The predicted octanol–water partition coefficient (Wildman–Crippen LogP) is 4.64. The molecular formula is C17H26O. The van der Waals surface area contributed by atoms with Gasteiger partial charge in [-0.2, -0.15) is 0 Å². The Morgan fingerprint density at radius 3 is 2.56 bits per heavy atom. The van der Waals surface area contributed by atoms with E-state index in [4.69, 9.17) is 0 Å². The zero-order chi connectivity index (χ0) is 13.0. The molecule has 1 unspecified atom stereocenters. The first-order valence-corrected chi connectivity index (χ1v) is 7.49. The first kappa shape index (κ1) is 13.6. The lowest BCUT2D eigenvalue weighted by molar-refractivity contribution is 0.0237. The summed E-state index contributed by atoms with van der Waals surface area (Å²) in [5.41, 5.74) is 2.63. The molecule has 0 heterocycles. The molecule has 100 valence electrons. The van der Waals surface area contributed by atoms with Crippen molar-refractivity contribution in [2.75, 3.05) is 0 Å². The molecule has 0 bridgehead atoms. The third kappa shape index (κ3) is 2.61. The van der Waals surface area contributed by atoms with Gasteiger partial charge in [-0.25, -0.2) is 0 Å². The number of hydrogen-bond acceptors (Lipinski definition) is 1. The van der Waals surface area contributed by atoms with Crippen molar-refractivity contribution in [1.82, 2.24) is 0 Å². The minimum atomic E-state index is -0.276. The summed E-state index contributed by atoms with van der Waals surface area (Å²) in [6, 6.07) is 8.58. The van der Waals surface area contributed by atoms with Crippen molar-refractivity contribution in [2.45, 2.75) is 64.9 Å². The van der Waals surface area contributed by atoms with Crippen LogP contribution in [0.4, 0.5) is 0 Å². The fraction of sp³-hybridized carbons (Fsp3) is 0.647. The van der Waals surface area contributed by atoms with Crippen molar-refractivity contribution in [2.24, 2.45) is 5.41 Å². The van der Waals surface area contributed by atoms with Gasteiger partial charge in [0.25, 0.3) is 0 Å². The quantitative estimate of drug-likeness (QED) is 0.802. The normalized spacial score (nSPS) is 19.9. The first-order chi connectivity index (χ1) is 8.72. The predicted molar refractivity (Wildman–Crippen MR) is 76.6 cm³/mol. The van der Waals surface area contributed by atoms with E-state index in [1.165, 1.54) is 37.7 Å². The summed E-state index contributed by atoms with van der Waals surface area (Å²) < 4.78 is 0. The van der Waals surface area contributed by atoms with Gasteiger partial charge in [-0.3, -0.25) is 0 Å². The standard InChI is InChI=1S/C17H26O/c1-3-8-14-9-7-10-15(13-14)16(18)17(4-2)11-5-6-12-17/h7,9-10,13,16,18H,3-6,8,11-12H2,1-2H3. The second-order valence-electron chi connectivity index (χ2n) is 5.82. The molecule has 1 saturated carbocycles. The van der Waals surface area contributed by atoms with Crippen LogP contribution in [0, 0.1) is 5.41 Å². The van der Waals surface area contributed by atoms with Crippen LogP contribution in [0.15, 0.2) is 24.3 Å². The molecule has 1 nitrogen and oxygen atoms in total. The number of aliphatic hydroxyl groups excluding tert-OH is 1. The van der Waals surface area contributed by atoms with E-state index in [0.29, 0.717) is 0 Å². The molecule has 18 heavy (non-hydrogen) atoms. The molecule has 1 aliphatic carbocycles. The van der Waals surface area contributed by atoms with E-state index in [1.54, 1.807) is 0 Å². The van der Waals surface area contributed by atoms with E-state index in [-0.39, 0.29) is 11.5 Å². The largest absolute Gasteiger partial charge is 0.388 e. The SMILES string of the molecule is CCCc1cccc(C(O)C2(CC)CCCC2)c1. The zero-order valence-corrected chi connectivity index (χ0v) is 11.8. The lowest BCUT2D eigenvalue weighted by Crippen LogP contribution is -2.25. The van der Waals surface area contributed by atoms with E-state index < -0.39 is 0 Å². The fourth-order valence-corrected chi connectivity index (χ4v) is 3.46. The van der Waals surface area contributed by atoms with Crippen molar-refractivity contribution in [3.05, 3.63) is 35.4 Å². The third-order valence-electron chi connectivity index (χ3n) is 4.69. The molecule has 0 spiro atoms. The summed E-state index contributed by atoms with van der Waals surface area (Å²) in [6.07, 6.45) is 8.01. The molecule has 1 aromatic rings. The van der Waals surface area contributed by atoms with Gasteiger partial charge < -0.3 is 5.11 Å². The second-order valence-corrected chi connectivity index (χ2v) is 5.82. The van der Waals surface area contributed by atoms with Gasteiger partial charge >= 0.3 is 0 Å². The Morgan fingerprint density at radius 2 is 1.94 bits per heavy atom. The van der Waals surface area contributed by atoms with Crippen LogP contribution in [-0.2, 0) is 6.42 Å². The molecule has 1 atom stereocenters. The first-order valence-electron chi connectivity index (χ1n) is 7.49. The lowest BCUT2D eigenvalue weighted by Gasteiger charge is -2.33. The van der Waals surface area contributed by atoms with Crippen LogP contribution in [0.25, 0.3) is 0 Å². The Labute approximate surface area is 111 Å². The number of aliphatic hydroxyl groups is 1. The minimum absolute atomic E-state index is 0.144. The molecule has 0 aliphatic heterocycles. The molecule has 1 aromatic carbocycles. The van der Waals surface area contributed by atoms with Gasteiger partial charge in [0.2, 0.25) is 0 Å². The van der Waals surface area contributed by atoms with Gasteiger partial charge in [0, 0.05) is 5.41 Å². The molecule has 1 fully saturated rings. The van der Waals surface area contributed by atoms with Crippen LogP contribution in [0.1, 0.15) is 69.6 Å². The molecule has 0 radical (unpaired) electrons.